The second-order valence-corrected chi connectivity index (χ2v) is 4.09. The zero-order chi connectivity index (χ0) is 11.8. The summed E-state index contributed by atoms with van der Waals surface area (Å²) in [5.74, 6) is 0.768. The molecule has 0 aliphatic carbocycles. The van der Waals surface area contributed by atoms with Gasteiger partial charge >= 0.3 is 6.03 Å². The normalized spacial score (nSPS) is 9.56. The van der Waals surface area contributed by atoms with Crippen LogP contribution in [0.3, 0.4) is 0 Å². The molecule has 0 aliphatic heterocycles. The molecule has 5 heteroatoms. The van der Waals surface area contributed by atoms with Gasteiger partial charge in [-0.3, -0.25) is 10.1 Å². The molecule has 0 saturated carbocycles. The number of imide groups is 1. The van der Waals surface area contributed by atoms with Crippen molar-refractivity contribution in [2.45, 2.75) is 5.75 Å². The second-order valence-electron chi connectivity index (χ2n) is 3.11. The predicted molar refractivity (Wildman–Crippen MR) is 65.2 cm³/mol. The molecule has 3 amide bonds. The average molecular weight is 238 g/mol. The van der Waals surface area contributed by atoms with E-state index in [1.807, 2.05) is 30.3 Å². The van der Waals surface area contributed by atoms with E-state index in [0.29, 0.717) is 0 Å². The van der Waals surface area contributed by atoms with Gasteiger partial charge in [-0.25, -0.2) is 4.79 Å². The van der Waals surface area contributed by atoms with Gasteiger partial charge in [0, 0.05) is 12.8 Å². The molecule has 0 radical (unpaired) electrons. The van der Waals surface area contributed by atoms with E-state index in [9.17, 15) is 9.59 Å². The standard InChI is InChI=1S/C11H14N2O2S/c1-12-11(15)13-10(14)8-16-7-9-5-3-2-4-6-9/h2-6H,7-8H2,1H3,(H2,12,13,14,15). The van der Waals surface area contributed by atoms with Crippen molar-refractivity contribution in [2.75, 3.05) is 12.8 Å². The molecular formula is C11H14N2O2S. The van der Waals surface area contributed by atoms with Crippen molar-refractivity contribution >= 4 is 23.7 Å². The molecule has 1 rings (SSSR count). The van der Waals surface area contributed by atoms with Gasteiger partial charge in [0.15, 0.2) is 0 Å². The molecule has 0 unspecified atom stereocenters. The molecule has 16 heavy (non-hydrogen) atoms. The first-order valence-electron chi connectivity index (χ1n) is 4.85. The van der Waals surface area contributed by atoms with Gasteiger partial charge in [-0.05, 0) is 5.56 Å². The Morgan fingerprint density at radius 3 is 2.56 bits per heavy atom. The van der Waals surface area contributed by atoms with Gasteiger partial charge in [0.2, 0.25) is 5.91 Å². The minimum atomic E-state index is -0.467. The summed E-state index contributed by atoms with van der Waals surface area (Å²) in [5.41, 5.74) is 1.17. The molecular weight excluding hydrogens is 224 g/mol. The number of rotatable bonds is 4. The predicted octanol–water partition coefficient (Wildman–Crippen LogP) is 1.38. The summed E-state index contributed by atoms with van der Waals surface area (Å²) in [6.45, 7) is 0. The van der Waals surface area contributed by atoms with Crippen LogP contribution >= 0.6 is 11.8 Å². The van der Waals surface area contributed by atoms with Crippen LogP contribution in [-0.2, 0) is 10.5 Å². The topological polar surface area (TPSA) is 58.2 Å². The van der Waals surface area contributed by atoms with Crippen LogP contribution in [0.5, 0.6) is 0 Å². The van der Waals surface area contributed by atoms with Gasteiger partial charge < -0.3 is 5.32 Å². The Hall–Kier alpha value is -1.49. The maximum atomic E-state index is 11.2. The van der Waals surface area contributed by atoms with Crippen LogP contribution in [0.25, 0.3) is 0 Å². The van der Waals surface area contributed by atoms with Gasteiger partial charge in [-0.2, -0.15) is 0 Å². The highest BCUT2D eigenvalue weighted by molar-refractivity contribution is 7.99. The first-order chi connectivity index (χ1) is 7.72. The molecule has 0 heterocycles. The molecule has 0 aromatic heterocycles. The Morgan fingerprint density at radius 1 is 1.25 bits per heavy atom. The summed E-state index contributed by atoms with van der Waals surface area (Å²) in [4.78, 5) is 22.0. The summed E-state index contributed by atoms with van der Waals surface area (Å²) in [7, 11) is 1.47. The van der Waals surface area contributed by atoms with Crippen molar-refractivity contribution < 1.29 is 9.59 Å². The number of nitrogens with one attached hydrogen (secondary N) is 2. The smallest absolute Gasteiger partial charge is 0.321 e. The van der Waals surface area contributed by atoms with Gasteiger partial charge in [-0.1, -0.05) is 30.3 Å². The number of urea groups is 1. The average Bonchev–Trinajstić information content (AvgIpc) is 2.30. The number of hydrogen-bond acceptors (Lipinski definition) is 3. The third kappa shape index (κ3) is 4.84. The van der Waals surface area contributed by atoms with Crippen molar-refractivity contribution in [3.63, 3.8) is 0 Å². The number of hydrogen-bond donors (Lipinski definition) is 2. The highest BCUT2D eigenvalue weighted by atomic mass is 32.2. The van der Waals surface area contributed by atoms with Crippen LogP contribution in [0.15, 0.2) is 30.3 Å². The molecule has 0 bridgehead atoms. The summed E-state index contributed by atoms with van der Waals surface area (Å²) >= 11 is 1.47. The number of thioether (sulfide) groups is 1. The highest BCUT2D eigenvalue weighted by Gasteiger charge is 2.05. The minimum absolute atomic E-state index is 0.278. The van der Waals surface area contributed by atoms with Crippen LogP contribution < -0.4 is 10.6 Å². The van der Waals surface area contributed by atoms with E-state index in [1.54, 1.807) is 0 Å². The third-order valence-electron chi connectivity index (χ3n) is 1.82. The summed E-state index contributed by atoms with van der Waals surface area (Å²) in [6.07, 6.45) is 0. The van der Waals surface area contributed by atoms with E-state index in [0.717, 1.165) is 5.75 Å². The molecule has 0 atom stereocenters. The number of benzene rings is 1. The Balaban J connectivity index is 2.21. The van der Waals surface area contributed by atoms with E-state index >= 15 is 0 Å². The maximum absolute atomic E-state index is 11.2. The van der Waals surface area contributed by atoms with Crippen LogP contribution in [0.1, 0.15) is 5.56 Å². The van der Waals surface area contributed by atoms with Gasteiger partial charge in [0.1, 0.15) is 0 Å². The fourth-order valence-electron chi connectivity index (χ4n) is 1.06. The SMILES string of the molecule is CNC(=O)NC(=O)CSCc1ccccc1. The number of carbonyl (C=O) groups is 2. The van der Waals surface area contributed by atoms with Crippen molar-refractivity contribution in [2.24, 2.45) is 0 Å². The van der Waals surface area contributed by atoms with Gasteiger partial charge in [0.05, 0.1) is 5.75 Å². The third-order valence-corrected chi connectivity index (χ3v) is 2.83. The van der Waals surface area contributed by atoms with Gasteiger partial charge in [0.25, 0.3) is 0 Å². The number of amides is 3. The Kier molecular flexibility index (Phi) is 5.42. The molecule has 0 spiro atoms. The zero-order valence-corrected chi connectivity index (χ0v) is 9.84. The minimum Gasteiger partial charge on any atom is -0.341 e. The highest BCUT2D eigenvalue weighted by Crippen LogP contribution is 2.10. The fourth-order valence-corrected chi connectivity index (χ4v) is 1.85. The summed E-state index contributed by atoms with van der Waals surface area (Å²) in [5, 5.41) is 4.53. The summed E-state index contributed by atoms with van der Waals surface area (Å²) < 4.78 is 0. The van der Waals surface area contributed by atoms with E-state index in [4.69, 9.17) is 0 Å². The Labute approximate surface area is 98.8 Å². The first-order valence-corrected chi connectivity index (χ1v) is 6.01. The molecule has 1 aromatic rings. The monoisotopic (exact) mass is 238 g/mol. The van der Waals surface area contributed by atoms with E-state index in [2.05, 4.69) is 10.6 Å². The fraction of sp³-hybridized carbons (Fsp3) is 0.273. The van der Waals surface area contributed by atoms with Gasteiger partial charge in [-0.15, -0.1) is 11.8 Å². The maximum Gasteiger partial charge on any atom is 0.321 e. The molecule has 0 fully saturated rings. The van der Waals surface area contributed by atoms with Crippen molar-refractivity contribution in [3.05, 3.63) is 35.9 Å². The van der Waals surface area contributed by atoms with Crippen molar-refractivity contribution in [3.8, 4) is 0 Å². The van der Waals surface area contributed by atoms with Crippen LogP contribution in [-0.4, -0.2) is 24.7 Å². The zero-order valence-electron chi connectivity index (χ0n) is 9.03. The van der Waals surface area contributed by atoms with E-state index in [1.165, 1.54) is 24.4 Å². The Morgan fingerprint density at radius 2 is 1.94 bits per heavy atom. The summed E-state index contributed by atoms with van der Waals surface area (Å²) in [6, 6.07) is 9.41. The molecule has 0 aliphatic rings. The second kappa shape index (κ2) is 6.90. The van der Waals surface area contributed by atoms with Crippen LogP contribution in [0.2, 0.25) is 0 Å². The van der Waals surface area contributed by atoms with E-state index < -0.39 is 6.03 Å². The first kappa shape index (κ1) is 12.6. The molecule has 2 N–H and O–H groups in total. The molecule has 4 nitrogen and oxygen atoms in total. The molecule has 1 aromatic carbocycles. The lowest BCUT2D eigenvalue weighted by Crippen LogP contribution is -2.38. The quantitative estimate of drug-likeness (QED) is 0.833. The number of carbonyl (C=O) groups excluding carboxylic acids is 2. The van der Waals surface area contributed by atoms with Crippen LogP contribution in [0.4, 0.5) is 4.79 Å². The van der Waals surface area contributed by atoms with Crippen LogP contribution in [0, 0.1) is 0 Å². The van der Waals surface area contributed by atoms with Crippen molar-refractivity contribution in [1.29, 1.82) is 0 Å². The lowest BCUT2D eigenvalue weighted by Gasteiger charge is -2.03. The lowest BCUT2D eigenvalue weighted by atomic mass is 10.2. The largest absolute Gasteiger partial charge is 0.341 e. The molecule has 86 valence electrons. The van der Waals surface area contributed by atoms with E-state index in [-0.39, 0.29) is 11.7 Å². The molecule has 0 saturated heterocycles. The lowest BCUT2D eigenvalue weighted by molar-refractivity contribution is -0.117. The van der Waals surface area contributed by atoms with Crippen molar-refractivity contribution in [1.82, 2.24) is 10.6 Å². The Bertz CT molecular complexity index is 354.